The molecule has 1 aromatic carbocycles. The molecule has 0 saturated heterocycles. The van der Waals surface area contributed by atoms with Gasteiger partial charge in [-0.05, 0) is 37.6 Å². The number of hydrogen-bond acceptors (Lipinski definition) is 7. The minimum absolute atomic E-state index is 0.0880. The monoisotopic (exact) mass is 584 g/mol. The van der Waals surface area contributed by atoms with Gasteiger partial charge in [0.25, 0.3) is 11.5 Å². The lowest BCUT2D eigenvalue weighted by molar-refractivity contribution is 0.0989. The first kappa shape index (κ1) is 28.8. The molecule has 6 radical (unpaired) electrons. The van der Waals surface area contributed by atoms with Gasteiger partial charge in [0.15, 0.2) is 5.69 Å². The number of methoxy groups -OCH3 is 2. The molecule has 0 spiro atoms. The summed E-state index contributed by atoms with van der Waals surface area (Å²) in [5.41, 5.74) is 0.907. The summed E-state index contributed by atoms with van der Waals surface area (Å²) in [6, 6.07) is 7.33. The highest BCUT2D eigenvalue weighted by Gasteiger charge is 2.46. The van der Waals surface area contributed by atoms with E-state index in [0.29, 0.717) is 27.7 Å². The lowest BCUT2D eigenvalue weighted by Gasteiger charge is -2.30. The van der Waals surface area contributed by atoms with Crippen molar-refractivity contribution in [1.29, 1.82) is 0 Å². The highest BCUT2D eigenvalue weighted by molar-refractivity contribution is 6.56. The third-order valence-corrected chi connectivity index (χ3v) is 7.04. The number of pyridine rings is 1. The maximum Gasteiger partial charge on any atom is 0.319 e. The van der Waals surface area contributed by atoms with E-state index < -0.39 is 22.7 Å². The van der Waals surface area contributed by atoms with Gasteiger partial charge in [-0.15, -0.1) is 0 Å². The molecule has 0 bridgehead atoms. The number of rotatable bonds is 7. The van der Waals surface area contributed by atoms with Gasteiger partial charge in [0.1, 0.15) is 17.6 Å². The SMILES string of the molecule is [B]C([B])([B])n1cc(Cl)cc(N2C(=O)c3nc(-c4cnc(OC)nc4OC)n(C(C)C)c3C2c2ccc(Cl)cc2)c1=O. The number of imidazole rings is 1. The van der Waals surface area contributed by atoms with E-state index in [2.05, 4.69) is 9.97 Å². The quantitative estimate of drug-likeness (QED) is 0.307. The molecule has 202 valence electrons. The average Bonchev–Trinajstić information content (AvgIpc) is 3.44. The van der Waals surface area contributed by atoms with Crippen LogP contribution in [0.15, 0.2) is 47.5 Å². The predicted molar refractivity (Wildman–Crippen MR) is 158 cm³/mol. The molecule has 0 aliphatic carbocycles. The molecule has 1 atom stereocenters. The van der Waals surface area contributed by atoms with E-state index >= 15 is 0 Å². The number of nitrogens with zero attached hydrogens (tertiary/aromatic N) is 6. The van der Waals surface area contributed by atoms with Crippen LogP contribution in [0.25, 0.3) is 11.4 Å². The number of carbonyl (C=O) groups excluding carboxylic acids is 1. The molecule has 15 heteroatoms. The Labute approximate surface area is 249 Å². The van der Waals surface area contributed by atoms with Gasteiger partial charge in [-0.2, -0.15) is 4.98 Å². The molecule has 41 heavy (non-hydrogen) atoms. The van der Waals surface area contributed by atoms with Crippen LogP contribution >= 0.6 is 23.2 Å². The number of hydrogen-bond donors (Lipinski definition) is 0. The zero-order valence-electron chi connectivity index (χ0n) is 22.5. The number of aromatic nitrogens is 5. The molecule has 1 aliphatic heterocycles. The molecule has 4 heterocycles. The van der Waals surface area contributed by atoms with Crippen molar-refractivity contribution in [1.82, 2.24) is 24.1 Å². The second-order valence-electron chi connectivity index (χ2n) is 9.65. The first-order valence-corrected chi connectivity index (χ1v) is 13.1. The molecule has 4 aromatic rings. The van der Waals surface area contributed by atoms with Crippen molar-refractivity contribution >= 4 is 58.3 Å². The Morgan fingerprint density at radius 1 is 1.00 bits per heavy atom. The van der Waals surface area contributed by atoms with Gasteiger partial charge in [-0.1, -0.05) is 40.6 Å². The van der Waals surface area contributed by atoms with Crippen molar-refractivity contribution in [3.63, 3.8) is 0 Å². The third kappa shape index (κ3) is 4.91. The first-order chi connectivity index (χ1) is 19.4. The number of benzene rings is 1. The summed E-state index contributed by atoms with van der Waals surface area (Å²) in [4.78, 5) is 42.4. The van der Waals surface area contributed by atoms with Crippen LogP contribution in [0.1, 0.15) is 47.7 Å². The van der Waals surface area contributed by atoms with Crippen LogP contribution in [-0.4, -0.2) is 67.8 Å². The molecule has 1 aliphatic rings. The molecule has 3 aromatic heterocycles. The minimum atomic E-state index is -2.08. The van der Waals surface area contributed by atoms with E-state index in [1.54, 1.807) is 24.3 Å². The largest absolute Gasteiger partial charge is 0.480 e. The summed E-state index contributed by atoms with van der Waals surface area (Å²) in [5, 5.41) is -1.50. The molecular formula is C26H21B3Cl2N6O4. The van der Waals surface area contributed by atoms with Gasteiger partial charge in [0.05, 0.1) is 54.0 Å². The summed E-state index contributed by atoms with van der Waals surface area (Å²) in [5.74, 6) is 0.0408. The second kappa shape index (κ2) is 10.6. The molecular weight excluding hydrogens is 564 g/mol. The molecule has 10 nitrogen and oxygen atoms in total. The number of carbonyl (C=O) groups is 1. The van der Waals surface area contributed by atoms with Gasteiger partial charge < -0.3 is 18.6 Å². The maximum atomic E-state index is 14.2. The van der Waals surface area contributed by atoms with Crippen molar-refractivity contribution in [3.8, 4) is 23.3 Å². The summed E-state index contributed by atoms with van der Waals surface area (Å²) in [6.07, 6.45) is 2.72. The average molecular weight is 585 g/mol. The van der Waals surface area contributed by atoms with Crippen molar-refractivity contribution in [2.24, 2.45) is 0 Å². The standard InChI is InChI=1S/C26H21B3Cl2N6O4/c1-12(2)36-20-18(33-21(36)16-10-32-25(41-4)34-22(16)40-3)24(39)37(19(20)13-5-7-14(30)8-6-13)17-9-15(31)11-35(23(17)38)26(27,28)29/h5-12,19H,1-4H3. The fraction of sp³-hybridized carbons (Fsp3) is 0.269. The van der Waals surface area contributed by atoms with E-state index in [1.807, 2.05) is 18.4 Å². The van der Waals surface area contributed by atoms with Crippen molar-refractivity contribution in [2.45, 2.75) is 31.2 Å². The minimum Gasteiger partial charge on any atom is -0.480 e. The Kier molecular flexibility index (Phi) is 7.46. The van der Waals surface area contributed by atoms with E-state index in [-0.39, 0.29) is 34.3 Å². The summed E-state index contributed by atoms with van der Waals surface area (Å²) < 4.78 is 13.4. The van der Waals surface area contributed by atoms with Crippen LogP contribution in [0.4, 0.5) is 5.69 Å². The van der Waals surface area contributed by atoms with Crippen molar-refractivity contribution in [2.75, 3.05) is 19.1 Å². The zero-order valence-corrected chi connectivity index (χ0v) is 24.0. The van der Waals surface area contributed by atoms with Crippen LogP contribution in [0.5, 0.6) is 11.9 Å². The summed E-state index contributed by atoms with van der Waals surface area (Å²) in [7, 11) is 20.4. The number of ether oxygens (including phenoxy) is 2. The number of anilines is 1. The lowest BCUT2D eigenvalue weighted by Crippen LogP contribution is -2.45. The number of halogens is 2. The second-order valence-corrected chi connectivity index (χ2v) is 10.5. The highest BCUT2D eigenvalue weighted by Crippen LogP contribution is 2.45. The fourth-order valence-electron chi connectivity index (χ4n) is 4.88. The van der Waals surface area contributed by atoms with Crippen LogP contribution in [0, 0.1) is 0 Å². The van der Waals surface area contributed by atoms with Gasteiger partial charge in [-0.3, -0.25) is 14.5 Å². The molecule has 0 fully saturated rings. The number of amides is 1. The summed E-state index contributed by atoms with van der Waals surface area (Å²) in [6.45, 7) is 3.87. The van der Waals surface area contributed by atoms with Gasteiger partial charge in [-0.25, -0.2) is 9.97 Å². The maximum absolute atomic E-state index is 14.2. The Morgan fingerprint density at radius 2 is 1.68 bits per heavy atom. The van der Waals surface area contributed by atoms with E-state index in [4.69, 9.17) is 61.2 Å². The van der Waals surface area contributed by atoms with Crippen molar-refractivity contribution in [3.05, 3.63) is 80.1 Å². The van der Waals surface area contributed by atoms with Gasteiger partial charge in [0.2, 0.25) is 5.88 Å². The Bertz CT molecular complexity index is 1720. The Balaban J connectivity index is 1.81. The van der Waals surface area contributed by atoms with Gasteiger partial charge >= 0.3 is 6.01 Å². The van der Waals surface area contributed by atoms with E-state index in [1.165, 1.54) is 37.6 Å². The summed E-state index contributed by atoms with van der Waals surface area (Å²) >= 11 is 12.6. The predicted octanol–water partition coefficient (Wildman–Crippen LogP) is 3.23. The van der Waals surface area contributed by atoms with Crippen LogP contribution in [0.3, 0.4) is 0 Å². The third-order valence-electron chi connectivity index (χ3n) is 6.58. The lowest BCUT2D eigenvalue weighted by atomic mass is 9.49. The number of fused-ring (bicyclic) bond motifs is 1. The van der Waals surface area contributed by atoms with Crippen LogP contribution in [-0.2, 0) is 5.24 Å². The fourth-order valence-corrected chi connectivity index (χ4v) is 5.21. The topological polar surface area (TPSA) is 104 Å². The van der Waals surface area contributed by atoms with Crippen LogP contribution < -0.4 is 19.9 Å². The van der Waals surface area contributed by atoms with E-state index in [0.717, 1.165) is 4.57 Å². The molecule has 0 saturated carbocycles. The van der Waals surface area contributed by atoms with E-state index in [9.17, 15) is 9.59 Å². The smallest absolute Gasteiger partial charge is 0.319 e. The van der Waals surface area contributed by atoms with Gasteiger partial charge in [0, 0.05) is 23.5 Å². The highest BCUT2D eigenvalue weighted by atomic mass is 35.5. The Morgan fingerprint density at radius 3 is 2.27 bits per heavy atom. The molecule has 1 amide bonds. The molecule has 1 unspecified atom stereocenters. The van der Waals surface area contributed by atoms with Crippen LogP contribution in [0.2, 0.25) is 10.0 Å². The van der Waals surface area contributed by atoms with Crippen molar-refractivity contribution < 1.29 is 14.3 Å². The molecule has 5 rings (SSSR count). The zero-order chi connectivity index (χ0) is 29.8. The Hall–Kier alpha value is -3.70. The first-order valence-electron chi connectivity index (χ1n) is 12.3. The normalized spacial score (nSPS) is 15.0. The molecule has 0 N–H and O–H groups in total.